The van der Waals surface area contributed by atoms with Crippen LogP contribution in [0.1, 0.15) is 32.0 Å². The second-order valence-corrected chi connectivity index (χ2v) is 5.34. The maximum absolute atomic E-state index is 12.6. The number of nitrogens with one attached hydrogen (secondary N) is 1. The second kappa shape index (κ2) is 4.36. The van der Waals surface area contributed by atoms with Gasteiger partial charge in [0.05, 0.1) is 11.3 Å². The van der Waals surface area contributed by atoms with E-state index in [-0.39, 0.29) is 11.1 Å². The summed E-state index contributed by atoms with van der Waals surface area (Å²) >= 11 is 0. The van der Waals surface area contributed by atoms with E-state index < -0.39 is 11.7 Å². The number of hydrogen-bond acceptors (Lipinski definition) is 2. The maximum atomic E-state index is 12.6. The van der Waals surface area contributed by atoms with Crippen molar-refractivity contribution in [2.24, 2.45) is 0 Å². The molecule has 0 aliphatic rings. The van der Waals surface area contributed by atoms with Crippen molar-refractivity contribution in [3.8, 4) is 11.4 Å². The van der Waals surface area contributed by atoms with Crippen LogP contribution in [-0.4, -0.2) is 15.2 Å². The molecule has 0 spiro atoms. The summed E-state index contributed by atoms with van der Waals surface area (Å²) in [6.45, 7) is 5.97. The van der Waals surface area contributed by atoms with Gasteiger partial charge in [-0.3, -0.25) is 10.1 Å². The Morgan fingerprint density at radius 1 is 1.05 bits per heavy atom. The summed E-state index contributed by atoms with van der Waals surface area (Å²) in [6, 6.07) is 3.67. The Balaban J connectivity index is 2.40. The van der Waals surface area contributed by atoms with E-state index in [9.17, 15) is 13.2 Å². The van der Waals surface area contributed by atoms with Gasteiger partial charge in [-0.1, -0.05) is 20.8 Å². The van der Waals surface area contributed by atoms with E-state index in [1.165, 1.54) is 0 Å². The van der Waals surface area contributed by atoms with Crippen LogP contribution < -0.4 is 0 Å². The predicted molar refractivity (Wildman–Crippen MR) is 65.5 cm³/mol. The van der Waals surface area contributed by atoms with Gasteiger partial charge in [-0.25, -0.2) is 0 Å². The van der Waals surface area contributed by atoms with E-state index in [1.54, 1.807) is 6.07 Å². The van der Waals surface area contributed by atoms with Crippen LogP contribution in [0.5, 0.6) is 0 Å². The first-order chi connectivity index (χ1) is 8.68. The van der Waals surface area contributed by atoms with Crippen LogP contribution in [-0.2, 0) is 11.6 Å². The van der Waals surface area contributed by atoms with E-state index >= 15 is 0 Å². The van der Waals surface area contributed by atoms with Gasteiger partial charge >= 0.3 is 6.18 Å². The molecule has 0 bridgehead atoms. The van der Waals surface area contributed by atoms with Gasteiger partial charge in [0.15, 0.2) is 0 Å². The van der Waals surface area contributed by atoms with Crippen molar-refractivity contribution < 1.29 is 13.2 Å². The lowest BCUT2D eigenvalue weighted by Gasteiger charge is -2.14. The highest BCUT2D eigenvalue weighted by molar-refractivity contribution is 5.55. The van der Waals surface area contributed by atoms with E-state index in [0.29, 0.717) is 5.69 Å². The number of aromatic nitrogens is 3. The molecule has 0 saturated heterocycles. The van der Waals surface area contributed by atoms with E-state index in [1.807, 2.05) is 20.8 Å². The van der Waals surface area contributed by atoms with Crippen LogP contribution >= 0.6 is 0 Å². The second-order valence-electron chi connectivity index (χ2n) is 5.34. The normalized spacial score (nSPS) is 12.7. The summed E-state index contributed by atoms with van der Waals surface area (Å²) in [5, 5.41) is 6.85. The average Bonchev–Trinajstić information content (AvgIpc) is 2.77. The third-order valence-corrected chi connectivity index (χ3v) is 2.74. The van der Waals surface area contributed by atoms with E-state index in [2.05, 4.69) is 15.2 Å². The largest absolute Gasteiger partial charge is 0.416 e. The topological polar surface area (TPSA) is 41.6 Å². The molecule has 0 aromatic carbocycles. The van der Waals surface area contributed by atoms with Crippen molar-refractivity contribution in [2.75, 3.05) is 0 Å². The number of H-pyrrole nitrogens is 1. The molecule has 0 unspecified atom stereocenters. The number of alkyl halides is 3. The number of hydrogen-bond donors (Lipinski definition) is 1. The molecule has 2 aromatic heterocycles. The highest BCUT2D eigenvalue weighted by Crippen LogP contribution is 2.31. The molecule has 0 aliphatic heterocycles. The first kappa shape index (κ1) is 13.6. The monoisotopic (exact) mass is 269 g/mol. The molecule has 0 atom stereocenters. The summed E-state index contributed by atoms with van der Waals surface area (Å²) < 4.78 is 37.9. The van der Waals surface area contributed by atoms with Crippen LogP contribution in [0.15, 0.2) is 24.4 Å². The van der Waals surface area contributed by atoms with Crippen molar-refractivity contribution in [2.45, 2.75) is 32.4 Å². The number of pyridine rings is 1. The summed E-state index contributed by atoms with van der Waals surface area (Å²) in [7, 11) is 0. The van der Waals surface area contributed by atoms with Crippen LogP contribution in [0.25, 0.3) is 11.4 Å². The van der Waals surface area contributed by atoms with Gasteiger partial charge in [0.2, 0.25) is 0 Å². The highest BCUT2D eigenvalue weighted by Gasteiger charge is 2.31. The number of rotatable bonds is 1. The SMILES string of the molecule is CC(C)(C)c1cc(-c2cc(C(F)(F)F)ccn2)n[nH]1. The van der Waals surface area contributed by atoms with E-state index in [4.69, 9.17) is 0 Å². The van der Waals surface area contributed by atoms with Gasteiger partial charge in [0, 0.05) is 17.3 Å². The zero-order valence-electron chi connectivity index (χ0n) is 10.8. The van der Waals surface area contributed by atoms with Gasteiger partial charge in [-0.05, 0) is 18.2 Å². The molecule has 2 aromatic rings. The van der Waals surface area contributed by atoms with Crippen LogP contribution in [0.3, 0.4) is 0 Å². The molecule has 102 valence electrons. The van der Waals surface area contributed by atoms with Gasteiger partial charge in [0.1, 0.15) is 5.69 Å². The highest BCUT2D eigenvalue weighted by atomic mass is 19.4. The predicted octanol–water partition coefficient (Wildman–Crippen LogP) is 3.79. The fourth-order valence-corrected chi connectivity index (χ4v) is 1.58. The quantitative estimate of drug-likeness (QED) is 0.855. The summed E-state index contributed by atoms with van der Waals surface area (Å²) in [6.07, 6.45) is -3.23. The molecule has 0 amide bonds. The van der Waals surface area contributed by atoms with Crippen molar-refractivity contribution in [1.29, 1.82) is 0 Å². The summed E-state index contributed by atoms with van der Waals surface area (Å²) in [5.74, 6) is 0. The minimum Gasteiger partial charge on any atom is -0.281 e. The Kier molecular flexibility index (Phi) is 3.12. The van der Waals surface area contributed by atoms with E-state index in [0.717, 1.165) is 24.0 Å². The fraction of sp³-hybridized carbons (Fsp3) is 0.385. The summed E-state index contributed by atoms with van der Waals surface area (Å²) in [4.78, 5) is 3.94. The van der Waals surface area contributed by atoms with Crippen LogP contribution in [0.2, 0.25) is 0 Å². The average molecular weight is 269 g/mol. The lowest BCUT2D eigenvalue weighted by Crippen LogP contribution is -2.11. The van der Waals surface area contributed by atoms with Gasteiger partial charge < -0.3 is 0 Å². The van der Waals surface area contributed by atoms with Crippen molar-refractivity contribution >= 4 is 0 Å². The lowest BCUT2D eigenvalue weighted by molar-refractivity contribution is -0.137. The smallest absolute Gasteiger partial charge is 0.281 e. The zero-order chi connectivity index (χ0) is 14.3. The maximum Gasteiger partial charge on any atom is 0.416 e. The Labute approximate surface area is 108 Å². The molecule has 2 heterocycles. The van der Waals surface area contributed by atoms with Gasteiger partial charge in [-0.15, -0.1) is 0 Å². The zero-order valence-corrected chi connectivity index (χ0v) is 10.8. The van der Waals surface area contributed by atoms with Crippen molar-refractivity contribution in [3.05, 3.63) is 35.7 Å². The third kappa shape index (κ3) is 2.94. The summed E-state index contributed by atoms with van der Waals surface area (Å²) in [5.41, 5.74) is 0.601. The number of aromatic amines is 1. The molecule has 0 saturated carbocycles. The molecule has 2 rings (SSSR count). The molecule has 0 radical (unpaired) electrons. The third-order valence-electron chi connectivity index (χ3n) is 2.74. The number of halogens is 3. The molecule has 3 nitrogen and oxygen atoms in total. The molecule has 19 heavy (non-hydrogen) atoms. The fourth-order valence-electron chi connectivity index (χ4n) is 1.58. The first-order valence-corrected chi connectivity index (χ1v) is 5.77. The molecular formula is C13H14F3N3. The standard InChI is InChI=1S/C13H14F3N3/c1-12(2,3)11-7-10(18-19-11)9-6-8(4-5-17-9)13(14,15)16/h4-7H,1-3H3,(H,18,19). The van der Waals surface area contributed by atoms with Crippen LogP contribution in [0, 0.1) is 0 Å². The lowest BCUT2D eigenvalue weighted by atomic mass is 9.92. The van der Waals surface area contributed by atoms with Gasteiger partial charge in [-0.2, -0.15) is 18.3 Å². The Morgan fingerprint density at radius 2 is 1.74 bits per heavy atom. The molecule has 0 fully saturated rings. The molecular weight excluding hydrogens is 255 g/mol. The first-order valence-electron chi connectivity index (χ1n) is 5.77. The van der Waals surface area contributed by atoms with Crippen molar-refractivity contribution in [1.82, 2.24) is 15.2 Å². The Morgan fingerprint density at radius 3 is 2.26 bits per heavy atom. The Hall–Kier alpha value is -1.85. The molecule has 6 heteroatoms. The minimum atomic E-state index is -4.37. The minimum absolute atomic E-state index is 0.146. The van der Waals surface area contributed by atoms with Crippen LogP contribution in [0.4, 0.5) is 13.2 Å². The molecule has 1 N–H and O–H groups in total. The Bertz CT molecular complexity index is 579. The van der Waals surface area contributed by atoms with Gasteiger partial charge in [0.25, 0.3) is 0 Å². The molecule has 0 aliphatic carbocycles. The van der Waals surface area contributed by atoms with Crippen molar-refractivity contribution in [3.63, 3.8) is 0 Å². The number of nitrogens with zero attached hydrogens (tertiary/aromatic N) is 2.